The van der Waals surface area contributed by atoms with E-state index in [1.165, 1.54) is 5.56 Å². The van der Waals surface area contributed by atoms with Crippen LogP contribution in [0.4, 0.5) is 0 Å². The smallest absolute Gasteiger partial charge is 0.255 e. The molecule has 1 amide bonds. The van der Waals surface area contributed by atoms with Gasteiger partial charge in [0.1, 0.15) is 5.69 Å². The first-order valence-corrected chi connectivity index (χ1v) is 10.8. The first-order chi connectivity index (χ1) is 14.9. The number of morpholine rings is 1. The number of ether oxygens (including phenoxy) is 1. The summed E-state index contributed by atoms with van der Waals surface area (Å²) in [6, 6.07) is 18.0. The van der Waals surface area contributed by atoms with Gasteiger partial charge in [-0.05, 0) is 32.9 Å². The van der Waals surface area contributed by atoms with Crippen molar-refractivity contribution in [2.45, 2.75) is 26.3 Å². The second-order valence-corrected chi connectivity index (χ2v) is 8.63. The van der Waals surface area contributed by atoms with E-state index in [2.05, 4.69) is 31.0 Å². The summed E-state index contributed by atoms with van der Waals surface area (Å²) in [5.74, 6) is -0.112. The SMILES string of the molecule is Cc1ccc(-n2cc(C(=O)NCC(C)(C)N3CCOCC3)c(-c3ccccc3)n2)cc1. The third kappa shape index (κ3) is 4.86. The molecule has 0 spiro atoms. The van der Waals surface area contributed by atoms with Gasteiger partial charge in [0.05, 0.1) is 24.5 Å². The lowest BCUT2D eigenvalue weighted by atomic mass is 10.0. The highest BCUT2D eigenvalue weighted by Gasteiger charge is 2.29. The molecular formula is C25H30N4O2. The number of benzene rings is 2. The van der Waals surface area contributed by atoms with Crippen LogP contribution in [0.2, 0.25) is 0 Å². The molecule has 1 N–H and O–H groups in total. The Balaban J connectivity index is 1.59. The fraction of sp³-hybridized carbons (Fsp3) is 0.360. The maximum Gasteiger partial charge on any atom is 0.255 e. The number of rotatable bonds is 6. The first-order valence-electron chi connectivity index (χ1n) is 10.8. The van der Waals surface area contributed by atoms with E-state index in [1.54, 1.807) is 4.68 Å². The number of hydrogen-bond donors (Lipinski definition) is 1. The summed E-state index contributed by atoms with van der Waals surface area (Å²) in [5, 5.41) is 7.91. The van der Waals surface area contributed by atoms with Crippen molar-refractivity contribution < 1.29 is 9.53 Å². The molecule has 1 aromatic heterocycles. The second-order valence-electron chi connectivity index (χ2n) is 8.63. The standard InChI is InChI=1S/C25H30N4O2/c1-19-9-11-21(12-10-19)29-17-22(23(27-29)20-7-5-4-6-8-20)24(30)26-18-25(2,3)28-13-15-31-16-14-28/h4-12,17H,13-16,18H2,1-3H3,(H,26,30). The molecule has 1 aliphatic rings. The Bertz CT molecular complexity index is 1020. The largest absolute Gasteiger partial charge is 0.379 e. The molecule has 2 aromatic carbocycles. The minimum Gasteiger partial charge on any atom is -0.379 e. The Labute approximate surface area is 183 Å². The van der Waals surface area contributed by atoms with Gasteiger partial charge in [0.15, 0.2) is 0 Å². The van der Waals surface area contributed by atoms with E-state index < -0.39 is 0 Å². The Morgan fingerprint density at radius 1 is 1.06 bits per heavy atom. The average Bonchev–Trinajstić information content (AvgIpc) is 3.25. The molecule has 6 nitrogen and oxygen atoms in total. The lowest BCUT2D eigenvalue weighted by Crippen LogP contribution is -2.55. The van der Waals surface area contributed by atoms with Crippen LogP contribution in [0.25, 0.3) is 16.9 Å². The number of nitrogens with zero attached hydrogens (tertiary/aromatic N) is 3. The average molecular weight is 419 g/mol. The number of aryl methyl sites for hydroxylation is 1. The van der Waals surface area contributed by atoms with E-state index in [4.69, 9.17) is 9.84 Å². The quantitative estimate of drug-likeness (QED) is 0.663. The topological polar surface area (TPSA) is 59.4 Å². The van der Waals surface area contributed by atoms with Crippen molar-refractivity contribution in [2.75, 3.05) is 32.8 Å². The van der Waals surface area contributed by atoms with Gasteiger partial charge in [0.25, 0.3) is 5.91 Å². The molecule has 162 valence electrons. The second kappa shape index (κ2) is 9.04. The molecular weight excluding hydrogens is 388 g/mol. The van der Waals surface area contributed by atoms with Crippen molar-refractivity contribution in [2.24, 2.45) is 0 Å². The van der Waals surface area contributed by atoms with Gasteiger partial charge < -0.3 is 10.1 Å². The molecule has 0 saturated carbocycles. The van der Waals surface area contributed by atoms with Gasteiger partial charge in [-0.25, -0.2) is 4.68 Å². The van der Waals surface area contributed by atoms with Crippen LogP contribution in [0, 0.1) is 6.92 Å². The summed E-state index contributed by atoms with van der Waals surface area (Å²) in [7, 11) is 0. The van der Waals surface area contributed by atoms with Crippen LogP contribution in [0.5, 0.6) is 0 Å². The van der Waals surface area contributed by atoms with Crippen molar-refractivity contribution in [3.8, 4) is 16.9 Å². The monoisotopic (exact) mass is 418 g/mol. The van der Waals surface area contributed by atoms with E-state index in [9.17, 15) is 4.79 Å². The number of amides is 1. The Morgan fingerprint density at radius 3 is 2.42 bits per heavy atom. The van der Waals surface area contributed by atoms with Gasteiger partial charge in [0.2, 0.25) is 0 Å². The summed E-state index contributed by atoms with van der Waals surface area (Å²) in [5.41, 5.74) is 4.13. The zero-order valence-electron chi connectivity index (χ0n) is 18.5. The van der Waals surface area contributed by atoms with Gasteiger partial charge in [-0.2, -0.15) is 5.10 Å². The fourth-order valence-corrected chi connectivity index (χ4v) is 3.85. The highest BCUT2D eigenvalue weighted by Crippen LogP contribution is 2.24. The minimum absolute atomic E-state index is 0.112. The summed E-state index contributed by atoms with van der Waals surface area (Å²) >= 11 is 0. The molecule has 2 heterocycles. The Morgan fingerprint density at radius 2 is 1.74 bits per heavy atom. The van der Waals surface area contributed by atoms with Crippen molar-refractivity contribution >= 4 is 5.91 Å². The predicted octanol–water partition coefficient (Wildman–Crippen LogP) is 3.69. The number of aromatic nitrogens is 2. The molecule has 0 atom stereocenters. The maximum atomic E-state index is 13.3. The van der Waals surface area contributed by atoms with Crippen LogP contribution < -0.4 is 5.32 Å². The Kier molecular flexibility index (Phi) is 6.20. The van der Waals surface area contributed by atoms with Crippen LogP contribution in [0.3, 0.4) is 0 Å². The van der Waals surface area contributed by atoms with Gasteiger partial charge in [0, 0.05) is 36.9 Å². The molecule has 0 aliphatic carbocycles. The van der Waals surface area contributed by atoms with Crippen molar-refractivity contribution in [1.82, 2.24) is 20.0 Å². The van der Waals surface area contributed by atoms with Crippen LogP contribution in [-0.2, 0) is 4.74 Å². The summed E-state index contributed by atoms with van der Waals surface area (Å²) < 4.78 is 7.25. The highest BCUT2D eigenvalue weighted by atomic mass is 16.5. The van der Waals surface area contributed by atoms with Gasteiger partial charge in [-0.15, -0.1) is 0 Å². The van der Waals surface area contributed by atoms with E-state index in [-0.39, 0.29) is 11.4 Å². The lowest BCUT2D eigenvalue weighted by molar-refractivity contribution is -0.00923. The third-order valence-corrected chi connectivity index (χ3v) is 5.85. The van der Waals surface area contributed by atoms with Crippen LogP contribution in [-0.4, -0.2) is 59.0 Å². The molecule has 31 heavy (non-hydrogen) atoms. The third-order valence-electron chi connectivity index (χ3n) is 5.85. The van der Waals surface area contributed by atoms with E-state index in [0.717, 1.165) is 37.6 Å². The van der Waals surface area contributed by atoms with Crippen LogP contribution in [0.1, 0.15) is 29.8 Å². The van der Waals surface area contributed by atoms with Gasteiger partial charge in [-0.3, -0.25) is 9.69 Å². The zero-order valence-corrected chi connectivity index (χ0v) is 18.5. The summed E-state index contributed by atoms with van der Waals surface area (Å²) in [6.45, 7) is 10.1. The highest BCUT2D eigenvalue weighted by molar-refractivity contribution is 6.00. The van der Waals surface area contributed by atoms with Gasteiger partial charge in [-0.1, -0.05) is 48.0 Å². The van der Waals surface area contributed by atoms with Crippen molar-refractivity contribution in [3.05, 3.63) is 71.9 Å². The summed E-state index contributed by atoms with van der Waals surface area (Å²) in [4.78, 5) is 15.6. The van der Waals surface area contributed by atoms with Crippen molar-refractivity contribution in [1.29, 1.82) is 0 Å². The number of carbonyl (C=O) groups excluding carboxylic acids is 1. The summed E-state index contributed by atoms with van der Waals surface area (Å²) in [6.07, 6.45) is 1.82. The number of carbonyl (C=O) groups is 1. The molecule has 0 radical (unpaired) electrons. The van der Waals surface area contributed by atoms with Gasteiger partial charge >= 0.3 is 0 Å². The Hall–Kier alpha value is -2.96. The predicted molar refractivity (Wildman–Crippen MR) is 123 cm³/mol. The van der Waals surface area contributed by atoms with E-state index >= 15 is 0 Å². The molecule has 0 bridgehead atoms. The lowest BCUT2D eigenvalue weighted by Gasteiger charge is -2.40. The first kappa shape index (κ1) is 21.3. The minimum atomic E-state index is -0.153. The van der Waals surface area contributed by atoms with Crippen LogP contribution >= 0.6 is 0 Å². The molecule has 3 aromatic rings. The normalized spacial score (nSPS) is 15.1. The fourth-order valence-electron chi connectivity index (χ4n) is 3.85. The molecule has 1 aliphatic heterocycles. The number of hydrogen-bond acceptors (Lipinski definition) is 4. The van der Waals surface area contributed by atoms with Crippen molar-refractivity contribution in [3.63, 3.8) is 0 Å². The van der Waals surface area contributed by atoms with E-state index in [0.29, 0.717) is 17.8 Å². The van der Waals surface area contributed by atoms with Crippen LogP contribution in [0.15, 0.2) is 60.8 Å². The number of nitrogens with one attached hydrogen (secondary N) is 1. The molecule has 6 heteroatoms. The maximum absolute atomic E-state index is 13.3. The molecule has 1 fully saturated rings. The molecule has 1 saturated heterocycles. The van der Waals surface area contributed by atoms with E-state index in [1.807, 2.05) is 60.8 Å². The molecule has 4 rings (SSSR count). The zero-order chi connectivity index (χ0) is 21.8. The molecule has 0 unspecified atom stereocenters.